The van der Waals surface area contributed by atoms with Crippen LogP contribution in [-0.2, 0) is 5.75 Å². The largest absolute Gasteiger partial charge is 0.495 e. The van der Waals surface area contributed by atoms with Crippen molar-refractivity contribution in [3.8, 4) is 5.88 Å². The van der Waals surface area contributed by atoms with Crippen molar-refractivity contribution in [2.75, 3.05) is 0 Å². The van der Waals surface area contributed by atoms with Gasteiger partial charge >= 0.3 is 0 Å². The number of fused-ring (bicyclic) bond motifs is 1. The van der Waals surface area contributed by atoms with E-state index in [2.05, 4.69) is 17.6 Å². The Hall–Kier alpha value is -1.09. The smallest absolute Gasteiger partial charge is 0.189 e. The van der Waals surface area contributed by atoms with Gasteiger partial charge in [-0.2, -0.15) is 12.6 Å². The minimum Gasteiger partial charge on any atom is -0.495 e. The molecule has 0 aliphatic carbocycles. The molecule has 0 aliphatic rings. The molecule has 2 nitrogen and oxygen atoms in total. The van der Waals surface area contributed by atoms with Crippen LogP contribution in [0, 0.1) is 0 Å². The number of aromatic amines is 1. The van der Waals surface area contributed by atoms with Crippen molar-refractivity contribution in [3.05, 3.63) is 29.8 Å². The maximum absolute atomic E-state index is 9.20. The number of rotatable bonds is 1. The molecule has 62 valence electrons. The molecule has 2 aromatic rings. The standard InChI is InChI=1S/C9H9NOS/c11-9-4-7-6(5-12)2-1-3-8(7)10-9/h1-4,10-12H,5H2. The summed E-state index contributed by atoms with van der Waals surface area (Å²) in [5.41, 5.74) is 2.09. The Bertz CT molecular complexity index is 408. The summed E-state index contributed by atoms with van der Waals surface area (Å²) in [6.45, 7) is 0. The summed E-state index contributed by atoms with van der Waals surface area (Å²) in [5, 5.41) is 10.2. The molecule has 1 aromatic heterocycles. The number of aromatic nitrogens is 1. The van der Waals surface area contributed by atoms with Gasteiger partial charge in [-0.25, -0.2) is 0 Å². The van der Waals surface area contributed by atoms with Gasteiger partial charge in [0.25, 0.3) is 0 Å². The van der Waals surface area contributed by atoms with Gasteiger partial charge in [0.15, 0.2) is 5.88 Å². The Morgan fingerprint density at radius 1 is 1.42 bits per heavy atom. The van der Waals surface area contributed by atoms with E-state index in [0.717, 1.165) is 16.5 Å². The van der Waals surface area contributed by atoms with Gasteiger partial charge < -0.3 is 10.1 Å². The number of H-pyrrole nitrogens is 1. The van der Waals surface area contributed by atoms with E-state index in [0.29, 0.717) is 5.75 Å². The molecule has 0 unspecified atom stereocenters. The topological polar surface area (TPSA) is 36.0 Å². The number of hydrogen-bond acceptors (Lipinski definition) is 2. The van der Waals surface area contributed by atoms with Crippen LogP contribution in [0.15, 0.2) is 24.3 Å². The molecule has 12 heavy (non-hydrogen) atoms. The van der Waals surface area contributed by atoms with Crippen LogP contribution in [0.1, 0.15) is 5.56 Å². The second kappa shape index (κ2) is 2.75. The lowest BCUT2D eigenvalue weighted by molar-refractivity contribution is 0.458. The van der Waals surface area contributed by atoms with Crippen LogP contribution in [0.5, 0.6) is 5.88 Å². The third-order valence-corrected chi connectivity index (χ3v) is 2.25. The van der Waals surface area contributed by atoms with Crippen molar-refractivity contribution in [2.24, 2.45) is 0 Å². The molecule has 0 saturated carbocycles. The summed E-state index contributed by atoms with van der Waals surface area (Å²) in [4.78, 5) is 2.85. The first-order valence-corrected chi connectivity index (χ1v) is 4.35. The lowest BCUT2D eigenvalue weighted by Crippen LogP contribution is -1.77. The Morgan fingerprint density at radius 2 is 2.25 bits per heavy atom. The van der Waals surface area contributed by atoms with Gasteiger partial charge in [0.2, 0.25) is 0 Å². The number of thiol groups is 1. The first kappa shape index (κ1) is 7.55. The highest BCUT2D eigenvalue weighted by molar-refractivity contribution is 7.79. The average molecular weight is 179 g/mol. The first-order chi connectivity index (χ1) is 5.81. The zero-order valence-electron chi connectivity index (χ0n) is 6.41. The molecule has 0 spiro atoms. The molecule has 0 amide bonds. The predicted molar refractivity (Wildman–Crippen MR) is 52.7 cm³/mol. The summed E-state index contributed by atoms with van der Waals surface area (Å²) in [6, 6.07) is 7.61. The Labute approximate surface area is 75.6 Å². The number of aromatic hydroxyl groups is 1. The Kier molecular flexibility index (Phi) is 1.73. The summed E-state index contributed by atoms with van der Waals surface area (Å²) < 4.78 is 0. The molecule has 2 N–H and O–H groups in total. The van der Waals surface area contributed by atoms with E-state index >= 15 is 0 Å². The quantitative estimate of drug-likeness (QED) is 0.577. The average Bonchev–Trinajstić information content (AvgIpc) is 2.44. The van der Waals surface area contributed by atoms with Crippen LogP contribution in [0.2, 0.25) is 0 Å². The van der Waals surface area contributed by atoms with Crippen molar-refractivity contribution >= 4 is 23.5 Å². The zero-order chi connectivity index (χ0) is 8.55. The van der Waals surface area contributed by atoms with Crippen LogP contribution in [-0.4, -0.2) is 10.1 Å². The first-order valence-electron chi connectivity index (χ1n) is 3.71. The molecule has 0 fully saturated rings. The van der Waals surface area contributed by atoms with Gasteiger partial charge in [0, 0.05) is 22.7 Å². The van der Waals surface area contributed by atoms with Gasteiger partial charge in [-0.05, 0) is 11.6 Å². The summed E-state index contributed by atoms with van der Waals surface area (Å²) in [5.74, 6) is 0.897. The molecule has 0 radical (unpaired) electrons. The maximum Gasteiger partial charge on any atom is 0.189 e. The third-order valence-electron chi connectivity index (χ3n) is 1.91. The minimum absolute atomic E-state index is 0.208. The summed E-state index contributed by atoms with van der Waals surface area (Å²) in [7, 11) is 0. The second-order valence-corrected chi connectivity index (χ2v) is 3.01. The van der Waals surface area contributed by atoms with E-state index in [9.17, 15) is 5.11 Å². The van der Waals surface area contributed by atoms with Crippen molar-refractivity contribution < 1.29 is 5.11 Å². The van der Waals surface area contributed by atoms with Crippen LogP contribution in [0.3, 0.4) is 0 Å². The summed E-state index contributed by atoms with van der Waals surface area (Å²) in [6.07, 6.45) is 0. The normalized spacial score (nSPS) is 10.8. The van der Waals surface area contributed by atoms with Gasteiger partial charge in [-0.1, -0.05) is 12.1 Å². The van der Waals surface area contributed by atoms with E-state index in [4.69, 9.17) is 0 Å². The minimum atomic E-state index is 0.208. The Balaban J connectivity index is 2.78. The predicted octanol–water partition coefficient (Wildman–Crippen LogP) is 2.30. The number of nitrogens with one attached hydrogen (secondary N) is 1. The number of benzene rings is 1. The highest BCUT2D eigenvalue weighted by Gasteiger charge is 2.01. The second-order valence-electron chi connectivity index (χ2n) is 2.69. The fraction of sp³-hybridized carbons (Fsp3) is 0.111. The molecule has 1 heterocycles. The number of hydrogen-bond donors (Lipinski definition) is 3. The molecule has 0 saturated heterocycles. The van der Waals surface area contributed by atoms with Gasteiger partial charge in [0.05, 0.1) is 0 Å². The van der Waals surface area contributed by atoms with Gasteiger partial charge in [-0.15, -0.1) is 0 Å². The molecule has 0 atom stereocenters. The lowest BCUT2D eigenvalue weighted by Gasteiger charge is -1.96. The van der Waals surface area contributed by atoms with Crippen LogP contribution >= 0.6 is 12.6 Å². The van der Waals surface area contributed by atoms with Crippen LogP contribution < -0.4 is 0 Å². The van der Waals surface area contributed by atoms with Crippen molar-refractivity contribution in [3.63, 3.8) is 0 Å². The van der Waals surface area contributed by atoms with Gasteiger partial charge in [0.1, 0.15) is 0 Å². The van der Waals surface area contributed by atoms with E-state index in [1.54, 1.807) is 6.07 Å². The Morgan fingerprint density at radius 3 is 3.00 bits per heavy atom. The third kappa shape index (κ3) is 1.06. The molecular formula is C9H9NOS. The molecule has 3 heteroatoms. The fourth-order valence-electron chi connectivity index (χ4n) is 1.34. The fourth-order valence-corrected chi connectivity index (χ4v) is 1.62. The molecule has 0 aliphatic heterocycles. The highest BCUT2D eigenvalue weighted by atomic mass is 32.1. The molecule has 1 aromatic carbocycles. The van der Waals surface area contributed by atoms with E-state index < -0.39 is 0 Å². The van der Waals surface area contributed by atoms with Crippen LogP contribution in [0.4, 0.5) is 0 Å². The van der Waals surface area contributed by atoms with Crippen molar-refractivity contribution in [1.82, 2.24) is 4.98 Å². The molecule has 2 rings (SSSR count). The monoisotopic (exact) mass is 179 g/mol. The SMILES string of the molecule is Oc1cc2c(CS)cccc2[nH]1. The van der Waals surface area contributed by atoms with E-state index in [-0.39, 0.29) is 5.88 Å². The van der Waals surface area contributed by atoms with E-state index in [1.165, 1.54) is 0 Å². The van der Waals surface area contributed by atoms with Crippen LogP contribution in [0.25, 0.3) is 10.9 Å². The highest BCUT2D eigenvalue weighted by Crippen LogP contribution is 2.23. The molecule has 0 bridgehead atoms. The maximum atomic E-state index is 9.20. The summed E-state index contributed by atoms with van der Waals surface area (Å²) >= 11 is 4.20. The zero-order valence-corrected chi connectivity index (χ0v) is 7.31. The van der Waals surface area contributed by atoms with Gasteiger partial charge in [-0.3, -0.25) is 0 Å². The lowest BCUT2D eigenvalue weighted by atomic mass is 10.1. The van der Waals surface area contributed by atoms with E-state index in [1.807, 2.05) is 18.2 Å². The van der Waals surface area contributed by atoms with Crippen molar-refractivity contribution in [1.29, 1.82) is 0 Å². The van der Waals surface area contributed by atoms with Crippen molar-refractivity contribution in [2.45, 2.75) is 5.75 Å². The molecular weight excluding hydrogens is 170 g/mol.